The Morgan fingerprint density at radius 3 is 2.70 bits per heavy atom. The monoisotopic (exact) mass is 278 g/mol. The summed E-state index contributed by atoms with van der Waals surface area (Å²) in [6.07, 6.45) is 9.79. The largest absolute Gasteiger partial charge is 0.389 e. The van der Waals surface area contributed by atoms with E-state index in [1.165, 1.54) is 32.1 Å². The third-order valence-electron chi connectivity index (χ3n) is 5.05. The Hall–Kier alpha value is -0.940. The Morgan fingerprint density at radius 2 is 2.05 bits per heavy atom. The Labute approximate surface area is 120 Å². The van der Waals surface area contributed by atoms with Gasteiger partial charge in [0.05, 0.1) is 17.3 Å². The van der Waals surface area contributed by atoms with Crippen LogP contribution in [0.4, 0.5) is 0 Å². The van der Waals surface area contributed by atoms with Crippen LogP contribution in [0.15, 0.2) is 6.20 Å². The van der Waals surface area contributed by atoms with Crippen molar-refractivity contribution in [3.63, 3.8) is 0 Å². The SMILES string of the molecule is C[C@H]1C[C@@](O)(C2CCCCC2)C[C@@H](c2cn(C)nn2)N1. The molecule has 20 heavy (non-hydrogen) atoms. The fourth-order valence-electron chi connectivity index (χ4n) is 4.12. The van der Waals surface area contributed by atoms with E-state index in [4.69, 9.17) is 0 Å². The lowest BCUT2D eigenvalue weighted by Gasteiger charge is -2.46. The lowest BCUT2D eigenvalue weighted by Crippen LogP contribution is -2.52. The van der Waals surface area contributed by atoms with E-state index in [2.05, 4.69) is 22.6 Å². The quantitative estimate of drug-likeness (QED) is 0.868. The summed E-state index contributed by atoms with van der Waals surface area (Å²) in [4.78, 5) is 0. The average molecular weight is 278 g/mol. The van der Waals surface area contributed by atoms with Crippen LogP contribution in [0.5, 0.6) is 0 Å². The van der Waals surface area contributed by atoms with Crippen molar-refractivity contribution in [1.82, 2.24) is 20.3 Å². The Kier molecular flexibility index (Phi) is 3.82. The number of rotatable bonds is 2. The van der Waals surface area contributed by atoms with E-state index in [0.29, 0.717) is 12.0 Å². The summed E-state index contributed by atoms with van der Waals surface area (Å²) < 4.78 is 1.73. The van der Waals surface area contributed by atoms with Gasteiger partial charge in [0.25, 0.3) is 0 Å². The number of aromatic nitrogens is 3. The molecular formula is C15H26N4O. The number of nitrogens with one attached hydrogen (secondary N) is 1. The molecule has 2 N–H and O–H groups in total. The zero-order chi connectivity index (χ0) is 14.2. The van der Waals surface area contributed by atoms with Gasteiger partial charge in [0, 0.05) is 19.3 Å². The summed E-state index contributed by atoms with van der Waals surface area (Å²) in [7, 11) is 1.89. The predicted octanol–water partition coefficient (Wildman–Crippen LogP) is 1.94. The molecule has 1 aromatic rings. The van der Waals surface area contributed by atoms with Gasteiger partial charge in [-0.2, -0.15) is 0 Å². The van der Waals surface area contributed by atoms with Crippen LogP contribution < -0.4 is 5.32 Å². The molecule has 0 unspecified atom stereocenters. The molecule has 2 heterocycles. The van der Waals surface area contributed by atoms with Gasteiger partial charge < -0.3 is 10.4 Å². The molecule has 112 valence electrons. The first kappa shape index (κ1) is 14.0. The van der Waals surface area contributed by atoms with Gasteiger partial charge in [-0.05, 0) is 38.5 Å². The second-order valence-electron chi connectivity index (χ2n) is 6.78. The molecule has 2 fully saturated rings. The van der Waals surface area contributed by atoms with Gasteiger partial charge in [-0.1, -0.05) is 24.5 Å². The van der Waals surface area contributed by atoms with Crippen molar-refractivity contribution in [2.45, 2.75) is 69.6 Å². The lowest BCUT2D eigenvalue weighted by molar-refractivity contribution is -0.0775. The van der Waals surface area contributed by atoms with E-state index >= 15 is 0 Å². The maximum absolute atomic E-state index is 11.2. The molecule has 3 rings (SSSR count). The third kappa shape index (κ3) is 2.74. The standard InChI is InChI=1S/C15H26N4O/c1-11-8-15(20,12-6-4-3-5-7-12)9-13(16-11)14-10-19(2)18-17-14/h10-13,16,20H,3-9H2,1-2H3/t11-,13-,15-/m0/s1. The van der Waals surface area contributed by atoms with Crippen LogP contribution in [0.25, 0.3) is 0 Å². The molecule has 0 bridgehead atoms. The van der Waals surface area contributed by atoms with Gasteiger partial charge in [0.15, 0.2) is 0 Å². The minimum absolute atomic E-state index is 0.124. The molecule has 1 aliphatic heterocycles. The van der Waals surface area contributed by atoms with E-state index in [0.717, 1.165) is 18.5 Å². The molecule has 2 aliphatic rings. The van der Waals surface area contributed by atoms with E-state index in [1.54, 1.807) is 4.68 Å². The van der Waals surface area contributed by atoms with Gasteiger partial charge >= 0.3 is 0 Å². The van der Waals surface area contributed by atoms with Crippen LogP contribution in [-0.4, -0.2) is 31.7 Å². The highest BCUT2D eigenvalue weighted by molar-refractivity contribution is 5.08. The predicted molar refractivity (Wildman–Crippen MR) is 77.1 cm³/mol. The summed E-state index contributed by atoms with van der Waals surface area (Å²) in [6.45, 7) is 2.16. The summed E-state index contributed by atoms with van der Waals surface area (Å²) >= 11 is 0. The van der Waals surface area contributed by atoms with Crippen molar-refractivity contribution in [2.24, 2.45) is 13.0 Å². The van der Waals surface area contributed by atoms with Crippen molar-refractivity contribution < 1.29 is 5.11 Å². The van der Waals surface area contributed by atoms with Crippen LogP contribution >= 0.6 is 0 Å². The number of aryl methyl sites for hydroxylation is 1. The van der Waals surface area contributed by atoms with E-state index < -0.39 is 5.60 Å². The van der Waals surface area contributed by atoms with E-state index in [-0.39, 0.29) is 6.04 Å². The first-order valence-electron chi connectivity index (χ1n) is 7.91. The van der Waals surface area contributed by atoms with E-state index in [1.807, 2.05) is 13.2 Å². The van der Waals surface area contributed by atoms with Crippen LogP contribution in [0.2, 0.25) is 0 Å². The zero-order valence-electron chi connectivity index (χ0n) is 12.5. The number of aliphatic hydroxyl groups is 1. The topological polar surface area (TPSA) is 63.0 Å². The van der Waals surface area contributed by atoms with Crippen molar-refractivity contribution >= 4 is 0 Å². The Bertz CT molecular complexity index is 454. The van der Waals surface area contributed by atoms with Crippen molar-refractivity contribution in [1.29, 1.82) is 0 Å². The van der Waals surface area contributed by atoms with Crippen LogP contribution in [0, 0.1) is 5.92 Å². The van der Waals surface area contributed by atoms with Gasteiger partial charge in [-0.15, -0.1) is 5.10 Å². The normalized spacial score (nSPS) is 36.1. The average Bonchev–Trinajstić information content (AvgIpc) is 2.86. The molecule has 1 aromatic heterocycles. The number of piperidine rings is 1. The molecule has 1 aliphatic carbocycles. The maximum atomic E-state index is 11.2. The molecule has 1 saturated heterocycles. The van der Waals surface area contributed by atoms with Gasteiger partial charge in [-0.25, -0.2) is 0 Å². The molecule has 0 aromatic carbocycles. The first-order valence-corrected chi connectivity index (χ1v) is 7.91. The maximum Gasteiger partial charge on any atom is 0.0997 e. The summed E-state index contributed by atoms with van der Waals surface area (Å²) in [6, 6.07) is 0.446. The molecule has 0 amide bonds. The van der Waals surface area contributed by atoms with Crippen LogP contribution in [0.1, 0.15) is 63.6 Å². The molecule has 1 saturated carbocycles. The summed E-state index contributed by atoms with van der Waals surface area (Å²) in [5.74, 6) is 0.458. The van der Waals surface area contributed by atoms with Crippen molar-refractivity contribution in [3.05, 3.63) is 11.9 Å². The molecule has 5 heteroatoms. The molecule has 5 nitrogen and oxygen atoms in total. The Morgan fingerprint density at radius 1 is 1.30 bits per heavy atom. The highest BCUT2D eigenvalue weighted by Crippen LogP contribution is 2.43. The number of hydrogen-bond acceptors (Lipinski definition) is 4. The van der Waals surface area contributed by atoms with Crippen LogP contribution in [-0.2, 0) is 7.05 Å². The fraction of sp³-hybridized carbons (Fsp3) is 0.867. The highest BCUT2D eigenvalue weighted by Gasteiger charge is 2.44. The van der Waals surface area contributed by atoms with E-state index in [9.17, 15) is 5.11 Å². The number of hydrogen-bond donors (Lipinski definition) is 2. The van der Waals surface area contributed by atoms with Gasteiger partial charge in [-0.3, -0.25) is 4.68 Å². The minimum Gasteiger partial charge on any atom is -0.389 e. The molecule has 0 spiro atoms. The van der Waals surface area contributed by atoms with Crippen molar-refractivity contribution in [3.8, 4) is 0 Å². The second kappa shape index (κ2) is 5.45. The Balaban J connectivity index is 1.78. The second-order valence-corrected chi connectivity index (χ2v) is 6.78. The third-order valence-corrected chi connectivity index (χ3v) is 5.05. The fourth-order valence-corrected chi connectivity index (χ4v) is 4.12. The smallest absolute Gasteiger partial charge is 0.0997 e. The molecule has 3 atom stereocenters. The number of nitrogens with zero attached hydrogens (tertiary/aromatic N) is 3. The van der Waals surface area contributed by atoms with Gasteiger partial charge in [0.2, 0.25) is 0 Å². The van der Waals surface area contributed by atoms with Crippen LogP contribution in [0.3, 0.4) is 0 Å². The molecular weight excluding hydrogens is 252 g/mol. The summed E-state index contributed by atoms with van der Waals surface area (Å²) in [5.41, 5.74) is 0.418. The summed E-state index contributed by atoms with van der Waals surface area (Å²) in [5, 5.41) is 23.0. The lowest BCUT2D eigenvalue weighted by atomic mass is 9.69. The first-order chi connectivity index (χ1) is 9.57. The van der Waals surface area contributed by atoms with Crippen molar-refractivity contribution in [2.75, 3.05) is 0 Å². The minimum atomic E-state index is -0.534. The molecule has 0 radical (unpaired) electrons. The van der Waals surface area contributed by atoms with Gasteiger partial charge in [0.1, 0.15) is 0 Å². The zero-order valence-corrected chi connectivity index (χ0v) is 12.5. The highest BCUT2D eigenvalue weighted by atomic mass is 16.3.